The van der Waals surface area contributed by atoms with Crippen molar-refractivity contribution in [2.45, 2.75) is 40.0 Å². The molecule has 0 N–H and O–H groups in total. The summed E-state index contributed by atoms with van der Waals surface area (Å²) in [6.45, 7) is 10.6. The molecule has 1 aromatic carbocycles. The van der Waals surface area contributed by atoms with Crippen LogP contribution >= 0.6 is 0 Å². The lowest BCUT2D eigenvalue weighted by Gasteiger charge is -2.36. The van der Waals surface area contributed by atoms with Gasteiger partial charge in [0.25, 0.3) is 0 Å². The summed E-state index contributed by atoms with van der Waals surface area (Å²) in [4.78, 5) is 11.4. The van der Waals surface area contributed by atoms with E-state index >= 15 is 0 Å². The molecule has 0 amide bonds. The Kier molecular flexibility index (Phi) is 2.53. The van der Waals surface area contributed by atoms with Gasteiger partial charge in [-0.1, -0.05) is 52.0 Å². The van der Waals surface area contributed by atoms with E-state index in [-0.39, 0.29) is 16.6 Å². The van der Waals surface area contributed by atoms with Crippen molar-refractivity contribution in [2.24, 2.45) is 5.41 Å². The van der Waals surface area contributed by atoms with Gasteiger partial charge in [0, 0.05) is 0 Å². The second kappa shape index (κ2) is 3.56. The quantitative estimate of drug-likeness (QED) is 0.664. The largest absolute Gasteiger partial charge is 0.295 e. The van der Waals surface area contributed by atoms with E-state index in [9.17, 15) is 4.79 Å². The topological polar surface area (TPSA) is 17.1 Å². The molecule has 0 spiro atoms. The number of benzene rings is 1. The van der Waals surface area contributed by atoms with Gasteiger partial charge in [0.05, 0.1) is 0 Å². The Morgan fingerprint density at radius 1 is 1.06 bits per heavy atom. The molecule has 0 saturated carbocycles. The van der Waals surface area contributed by atoms with Crippen LogP contribution in [0, 0.1) is 5.41 Å². The van der Waals surface area contributed by atoms with Gasteiger partial charge >= 0.3 is 0 Å². The van der Waals surface area contributed by atoms with Crippen LogP contribution in [-0.4, -0.2) is 5.78 Å². The highest BCUT2D eigenvalue weighted by atomic mass is 16.1. The van der Waals surface area contributed by atoms with Crippen LogP contribution in [0.3, 0.4) is 0 Å². The average molecular weight is 228 g/mol. The minimum Gasteiger partial charge on any atom is -0.295 e. The zero-order valence-electron chi connectivity index (χ0n) is 11.3. The lowest BCUT2D eigenvalue weighted by Crippen LogP contribution is -2.31. The smallest absolute Gasteiger partial charge is 0.152 e. The second-order valence-corrected chi connectivity index (χ2v) is 5.96. The molecule has 2 rings (SSSR count). The van der Waals surface area contributed by atoms with Crippen molar-refractivity contribution in [2.75, 3.05) is 0 Å². The van der Waals surface area contributed by atoms with Crippen LogP contribution in [0.15, 0.2) is 30.3 Å². The van der Waals surface area contributed by atoms with Crippen molar-refractivity contribution in [1.82, 2.24) is 0 Å². The van der Waals surface area contributed by atoms with Crippen LogP contribution in [0.2, 0.25) is 0 Å². The van der Waals surface area contributed by atoms with E-state index in [0.29, 0.717) is 0 Å². The van der Waals surface area contributed by atoms with Gasteiger partial charge < -0.3 is 0 Å². The SMILES string of the molecule is CC(=O)/C=C1/c2ccccc2C(C)(C)C1(C)C. The molecule has 0 unspecified atom stereocenters. The molecule has 1 nitrogen and oxygen atoms in total. The number of fused-ring (bicyclic) bond motifs is 1. The first kappa shape index (κ1) is 12.1. The fraction of sp³-hybridized carbons (Fsp3) is 0.438. The Bertz CT molecular complexity index is 504. The first-order valence-corrected chi connectivity index (χ1v) is 6.11. The minimum absolute atomic E-state index is 0.0116. The van der Waals surface area contributed by atoms with Crippen molar-refractivity contribution < 1.29 is 4.79 Å². The molecule has 17 heavy (non-hydrogen) atoms. The molecule has 0 saturated heterocycles. The van der Waals surface area contributed by atoms with Gasteiger partial charge in [0.1, 0.15) is 0 Å². The highest BCUT2D eigenvalue weighted by Gasteiger charge is 2.48. The van der Waals surface area contributed by atoms with E-state index in [1.54, 1.807) is 13.0 Å². The monoisotopic (exact) mass is 228 g/mol. The fourth-order valence-corrected chi connectivity index (χ4v) is 2.73. The average Bonchev–Trinajstić information content (AvgIpc) is 2.38. The van der Waals surface area contributed by atoms with Crippen molar-refractivity contribution in [3.8, 4) is 0 Å². The van der Waals surface area contributed by atoms with Gasteiger partial charge in [-0.25, -0.2) is 0 Å². The zero-order valence-corrected chi connectivity index (χ0v) is 11.3. The molecule has 0 atom stereocenters. The summed E-state index contributed by atoms with van der Waals surface area (Å²) in [6.07, 6.45) is 1.80. The summed E-state index contributed by atoms with van der Waals surface area (Å²) in [7, 11) is 0. The maximum Gasteiger partial charge on any atom is 0.152 e. The number of carbonyl (C=O) groups excluding carboxylic acids is 1. The van der Waals surface area contributed by atoms with Gasteiger partial charge in [-0.05, 0) is 40.5 Å². The number of hydrogen-bond donors (Lipinski definition) is 0. The predicted molar refractivity (Wildman–Crippen MR) is 71.9 cm³/mol. The Labute approximate surface area is 104 Å². The molecular formula is C16H20O. The maximum atomic E-state index is 11.4. The zero-order chi connectivity index (χ0) is 12.8. The summed E-state index contributed by atoms with van der Waals surface area (Å²) < 4.78 is 0. The second-order valence-electron chi connectivity index (χ2n) is 5.96. The Morgan fingerprint density at radius 2 is 1.65 bits per heavy atom. The fourth-order valence-electron chi connectivity index (χ4n) is 2.73. The van der Waals surface area contributed by atoms with Gasteiger partial charge in [-0.2, -0.15) is 0 Å². The van der Waals surface area contributed by atoms with Gasteiger partial charge in [0.15, 0.2) is 5.78 Å². The summed E-state index contributed by atoms with van der Waals surface area (Å²) in [5, 5.41) is 0. The molecule has 90 valence electrons. The third-order valence-electron chi connectivity index (χ3n) is 4.47. The molecule has 0 bridgehead atoms. The highest BCUT2D eigenvalue weighted by molar-refractivity contribution is 5.98. The van der Waals surface area contributed by atoms with Crippen molar-refractivity contribution in [1.29, 1.82) is 0 Å². The van der Waals surface area contributed by atoms with E-state index < -0.39 is 0 Å². The summed E-state index contributed by atoms with van der Waals surface area (Å²) in [6, 6.07) is 8.43. The number of rotatable bonds is 1. The molecule has 0 aromatic heterocycles. The van der Waals surface area contributed by atoms with E-state index in [1.165, 1.54) is 16.7 Å². The Balaban J connectivity index is 2.75. The standard InChI is InChI=1S/C16H20O/c1-11(17)10-14-12-8-6-7-9-13(12)15(2,3)16(14,4)5/h6-10H,1-5H3/b14-10-. The van der Waals surface area contributed by atoms with Crippen LogP contribution in [0.5, 0.6) is 0 Å². The van der Waals surface area contributed by atoms with Gasteiger partial charge in [-0.15, -0.1) is 0 Å². The van der Waals surface area contributed by atoms with E-state index in [1.807, 2.05) is 6.07 Å². The highest BCUT2D eigenvalue weighted by Crippen LogP contribution is 2.57. The maximum absolute atomic E-state index is 11.4. The molecule has 1 aromatic rings. The van der Waals surface area contributed by atoms with Crippen LogP contribution in [0.1, 0.15) is 45.7 Å². The molecule has 0 fully saturated rings. The number of carbonyl (C=O) groups is 1. The molecule has 0 heterocycles. The first-order chi connectivity index (χ1) is 7.78. The van der Waals surface area contributed by atoms with Gasteiger partial charge in [-0.3, -0.25) is 4.79 Å². The van der Waals surface area contributed by atoms with Crippen molar-refractivity contribution in [3.63, 3.8) is 0 Å². The number of allylic oxidation sites excluding steroid dienone is 2. The normalized spacial score (nSPS) is 22.5. The van der Waals surface area contributed by atoms with Gasteiger partial charge in [0.2, 0.25) is 0 Å². The first-order valence-electron chi connectivity index (χ1n) is 6.11. The molecule has 0 aliphatic heterocycles. The van der Waals surface area contributed by atoms with Crippen molar-refractivity contribution in [3.05, 3.63) is 41.5 Å². The lowest BCUT2D eigenvalue weighted by atomic mass is 9.67. The summed E-state index contributed by atoms with van der Waals surface area (Å²) in [5.41, 5.74) is 3.80. The van der Waals surface area contributed by atoms with Crippen LogP contribution in [0.4, 0.5) is 0 Å². The molecular weight excluding hydrogens is 208 g/mol. The molecule has 0 radical (unpaired) electrons. The molecule has 1 heteroatoms. The summed E-state index contributed by atoms with van der Waals surface area (Å²) in [5.74, 6) is 0.126. The lowest BCUT2D eigenvalue weighted by molar-refractivity contribution is -0.112. The molecule has 1 aliphatic rings. The predicted octanol–water partition coefficient (Wildman–Crippen LogP) is 3.98. The summed E-state index contributed by atoms with van der Waals surface area (Å²) >= 11 is 0. The van der Waals surface area contributed by atoms with Crippen LogP contribution in [0.25, 0.3) is 5.57 Å². The molecule has 1 aliphatic carbocycles. The Morgan fingerprint density at radius 3 is 2.24 bits per heavy atom. The van der Waals surface area contributed by atoms with E-state index in [0.717, 1.165) is 0 Å². The van der Waals surface area contributed by atoms with Crippen molar-refractivity contribution >= 4 is 11.4 Å². The Hall–Kier alpha value is -1.37. The van der Waals surface area contributed by atoms with E-state index in [4.69, 9.17) is 0 Å². The van der Waals surface area contributed by atoms with Crippen LogP contribution < -0.4 is 0 Å². The minimum atomic E-state index is -0.0116. The number of ketones is 1. The third kappa shape index (κ3) is 1.56. The van der Waals surface area contributed by atoms with E-state index in [2.05, 4.69) is 45.9 Å². The number of hydrogen-bond acceptors (Lipinski definition) is 1. The van der Waals surface area contributed by atoms with Crippen LogP contribution in [-0.2, 0) is 10.2 Å². The third-order valence-corrected chi connectivity index (χ3v) is 4.47.